The van der Waals surface area contributed by atoms with Gasteiger partial charge in [0.15, 0.2) is 0 Å². The second-order valence-corrected chi connectivity index (χ2v) is 6.10. The van der Waals surface area contributed by atoms with Gasteiger partial charge < -0.3 is 20.1 Å². The van der Waals surface area contributed by atoms with Crippen LogP contribution in [0, 0.1) is 5.92 Å². The highest BCUT2D eigenvalue weighted by Crippen LogP contribution is 2.32. The van der Waals surface area contributed by atoms with Gasteiger partial charge in [-0.15, -0.1) is 12.4 Å². The highest BCUT2D eigenvalue weighted by Gasteiger charge is 2.35. The van der Waals surface area contributed by atoms with Crippen LogP contribution in [0.3, 0.4) is 0 Å². The lowest BCUT2D eigenvalue weighted by Gasteiger charge is -2.29. The van der Waals surface area contributed by atoms with Crippen molar-refractivity contribution in [3.63, 3.8) is 0 Å². The molecule has 0 spiro atoms. The van der Waals surface area contributed by atoms with E-state index in [4.69, 9.17) is 0 Å². The average Bonchev–Trinajstić information content (AvgIpc) is 2.84. The SMILES string of the molecule is COC(=O)CC(NC(=O)CC1CC2CCC(C1)N2)C(=O)OC.Cl. The predicted molar refractivity (Wildman–Crippen MR) is 85.1 cm³/mol. The second-order valence-electron chi connectivity index (χ2n) is 6.10. The monoisotopic (exact) mass is 348 g/mol. The zero-order valence-corrected chi connectivity index (χ0v) is 14.3. The number of carbonyl (C=O) groups is 3. The Kier molecular flexibility index (Phi) is 7.78. The molecule has 2 N–H and O–H groups in total. The highest BCUT2D eigenvalue weighted by atomic mass is 35.5. The summed E-state index contributed by atoms with van der Waals surface area (Å²) in [6.45, 7) is 0. The van der Waals surface area contributed by atoms with E-state index in [0.717, 1.165) is 12.8 Å². The molecule has 2 fully saturated rings. The van der Waals surface area contributed by atoms with Crippen molar-refractivity contribution in [2.75, 3.05) is 14.2 Å². The molecule has 2 aliphatic heterocycles. The summed E-state index contributed by atoms with van der Waals surface area (Å²) < 4.78 is 9.16. The first-order valence-corrected chi connectivity index (χ1v) is 7.71. The van der Waals surface area contributed by atoms with Crippen LogP contribution >= 0.6 is 12.4 Å². The number of fused-ring (bicyclic) bond motifs is 2. The molecule has 0 aromatic carbocycles. The van der Waals surface area contributed by atoms with Crippen molar-refractivity contribution in [3.05, 3.63) is 0 Å². The van der Waals surface area contributed by atoms with Gasteiger partial charge in [0.2, 0.25) is 5.91 Å². The number of hydrogen-bond acceptors (Lipinski definition) is 6. The van der Waals surface area contributed by atoms with Gasteiger partial charge in [-0.05, 0) is 31.6 Å². The summed E-state index contributed by atoms with van der Waals surface area (Å²) in [6.07, 6.45) is 4.50. The van der Waals surface area contributed by atoms with E-state index < -0.39 is 18.0 Å². The number of carbonyl (C=O) groups excluding carboxylic acids is 3. The van der Waals surface area contributed by atoms with Gasteiger partial charge >= 0.3 is 11.9 Å². The van der Waals surface area contributed by atoms with Crippen molar-refractivity contribution in [2.24, 2.45) is 5.92 Å². The molecule has 132 valence electrons. The Hall–Kier alpha value is -1.34. The number of hydrogen-bond donors (Lipinski definition) is 2. The van der Waals surface area contributed by atoms with Crippen LogP contribution in [0.4, 0.5) is 0 Å². The fourth-order valence-corrected chi connectivity index (χ4v) is 3.44. The molecule has 2 heterocycles. The first-order valence-electron chi connectivity index (χ1n) is 7.71. The van der Waals surface area contributed by atoms with Crippen molar-refractivity contribution < 1.29 is 23.9 Å². The average molecular weight is 349 g/mol. The van der Waals surface area contributed by atoms with Crippen LogP contribution in [0.1, 0.15) is 38.5 Å². The van der Waals surface area contributed by atoms with E-state index in [1.165, 1.54) is 27.1 Å². The summed E-state index contributed by atoms with van der Waals surface area (Å²) >= 11 is 0. The van der Waals surface area contributed by atoms with Crippen LogP contribution in [0.25, 0.3) is 0 Å². The van der Waals surface area contributed by atoms with Crippen molar-refractivity contribution >= 4 is 30.3 Å². The van der Waals surface area contributed by atoms with E-state index >= 15 is 0 Å². The van der Waals surface area contributed by atoms with Gasteiger partial charge in [0.05, 0.1) is 20.6 Å². The topological polar surface area (TPSA) is 93.7 Å². The first-order chi connectivity index (χ1) is 10.5. The zero-order valence-electron chi connectivity index (χ0n) is 13.5. The van der Waals surface area contributed by atoms with Crippen molar-refractivity contribution in [2.45, 2.75) is 56.7 Å². The molecule has 0 aromatic rings. The number of esters is 2. The molecular weight excluding hydrogens is 324 g/mol. The normalized spacial score (nSPS) is 26.6. The molecule has 2 rings (SSSR count). The van der Waals surface area contributed by atoms with E-state index in [-0.39, 0.29) is 24.7 Å². The Morgan fingerprint density at radius 3 is 2.26 bits per heavy atom. The van der Waals surface area contributed by atoms with Crippen molar-refractivity contribution in [1.29, 1.82) is 0 Å². The fourth-order valence-electron chi connectivity index (χ4n) is 3.44. The molecule has 2 saturated heterocycles. The molecule has 0 radical (unpaired) electrons. The number of rotatable bonds is 6. The molecule has 0 aliphatic carbocycles. The van der Waals surface area contributed by atoms with Crippen LogP contribution in [0.5, 0.6) is 0 Å². The molecule has 3 atom stereocenters. The highest BCUT2D eigenvalue weighted by molar-refractivity contribution is 5.88. The number of nitrogens with one attached hydrogen (secondary N) is 2. The minimum absolute atomic E-state index is 0. The Morgan fingerprint density at radius 1 is 1.13 bits per heavy atom. The van der Waals surface area contributed by atoms with E-state index in [2.05, 4.69) is 20.1 Å². The molecule has 23 heavy (non-hydrogen) atoms. The first kappa shape index (κ1) is 19.7. The smallest absolute Gasteiger partial charge is 0.328 e. The summed E-state index contributed by atoms with van der Waals surface area (Å²) in [5.74, 6) is -1.08. The second kappa shape index (κ2) is 9.08. The third-order valence-corrected chi connectivity index (χ3v) is 4.46. The molecule has 3 unspecified atom stereocenters. The zero-order chi connectivity index (χ0) is 16.1. The maximum Gasteiger partial charge on any atom is 0.328 e. The maximum absolute atomic E-state index is 12.2. The number of piperidine rings is 1. The van der Waals surface area contributed by atoms with E-state index in [0.29, 0.717) is 24.4 Å². The number of ether oxygens (including phenoxy) is 2. The summed E-state index contributed by atoms with van der Waals surface area (Å²) in [6, 6.07) is 0.0504. The van der Waals surface area contributed by atoms with Crippen molar-refractivity contribution in [1.82, 2.24) is 10.6 Å². The Bertz CT molecular complexity index is 434. The lowest BCUT2D eigenvalue weighted by Crippen LogP contribution is -2.45. The van der Waals surface area contributed by atoms with Crippen LogP contribution in [0.15, 0.2) is 0 Å². The third kappa shape index (κ3) is 5.66. The molecular formula is C15H25ClN2O5. The number of amides is 1. The molecule has 2 aliphatic rings. The van der Waals surface area contributed by atoms with Crippen LogP contribution < -0.4 is 10.6 Å². The third-order valence-electron chi connectivity index (χ3n) is 4.46. The van der Waals surface area contributed by atoms with Crippen molar-refractivity contribution in [3.8, 4) is 0 Å². The molecule has 7 nitrogen and oxygen atoms in total. The van der Waals surface area contributed by atoms with Gasteiger partial charge in [0.25, 0.3) is 0 Å². The molecule has 8 heteroatoms. The Labute approximate surface area is 142 Å². The predicted octanol–water partition coefficient (Wildman–Crippen LogP) is 0.550. The lowest BCUT2D eigenvalue weighted by molar-refractivity contribution is -0.150. The minimum atomic E-state index is -0.983. The van der Waals surface area contributed by atoms with Gasteiger partial charge in [-0.2, -0.15) is 0 Å². The van der Waals surface area contributed by atoms with E-state index in [9.17, 15) is 14.4 Å². The van der Waals surface area contributed by atoms with E-state index in [1.807, 2.05) is 0 Å². The molecule has 2 bridgehead atoms. The largest absolute Gasteiger partial charge is 0.469 e. The Balaban J connectivity index is 0.00000264. The minimum Gasteiger partial charge on any atom is -0.469 e. The summed E-state index contributed by atoms with van der Waals surface area (Å²) in [7, 11) is 2.46. The molecule has 0 saturated carbocycles. The number of methoxy groups -OCH3 is 2. The lowest BCUT2D eigenvalue weighted by atomic mass is 9.89. The summed E-state index contributed by atoms with van der Waals surface area (Å²) in [5, 5.41) is 6.12. The summed E-state index contributed by atoms with van der Waals surface area (Å²) in [5.41, 5.74) is 0. The van der Waals surface area contributed by atoms with Gasteiger partial charge in [0, 0.05) is 18.5 Å². The van der Waals surface area contributed by atoms with Crippen LogP contribution in [-0.4, -0.2) is 50.2 Å². The van der Waals surface area contributed by atoms with E-state index in [1.54, 1.807) is 0 Å². The maximum atomic E-state index is 12.2. The van der Waals surface area contributed by atoms with Gasteiger partial charge in [0.1, 0.15) is 6.04 Å². The standard InChI is InChI=1S/C15H24N2O5.ClH/c1-21-14(19)8-12(15(20)22-2)17-13(18)7-9-5-10-3-4-11(6-9)16-10;/h9-12,16H,3-8H2,1-2H3,(H,17,18);1H. The van der Waals surface area contributed by atoms with Crippen LogP contribution in [0.2, 0.25) is 0 Å². The molecule has 1 amide bonds. The molecule has 0 aromatic heterocycles. The van der Waals surface area contributed by atoms with Crippen LogP contribution in [-0.2, 0) is 23.9 Å². The fraction of sp³-hybridized carbons (Fsp3) is 0.800. The van der Waals surface area contributed by atoms with Gasteiger partial charge in [-0.1, -0.05) is 0 Å². The van der Waals surface area contributed by atoms with Gasteiger partial charge in [-0.25, -0.2) is 4.79 Å². The summed E-state index contributed by atoms with van der Waals surface area (Å²) in [4.78, 5) is 35.1. The Morgan fingerprint density at radius 2 is 1.74 bits per heavy atom. The quantitative estimate of drug-likeness (QED) is 0.681. The number of halogens is 1. The van der Waals surface area contributed by atoms with Gasteiger partial charge in [-0.3, -0.25) is 9.59 Å².